The number of amides is 1. The molecule has 0 aliphatic carbocycles. The molecule has 18 heavy (non-hydrogen) atoms. The molecule has 5 heteroatoms. The van der Waals surface area contributed by atoms with Crippen molar-refractivity contribution in [1.29, 1.82) is 0 Å². The van der Waals surface area contributed by atoms with Crippen LogP contribution in [-0.4, -0.2) is 33.6 Å². The van der Waals surface area contributed by atoms with E-state index in [-0.39, 0.29) is 17.5 Å². The van der Waals surface area contributed by atoms with Crippen LogP contribution in [0.4, 0.5) is 0 Å². The highest BCUT2D eigenvalue weighted by molar-refractivity contribution is 6.05. The van der Waals surface area contributed by atoms with Crippen molar-refractivity contribution in [3.05, 3.63) is 40.3 Å². The number of aromatic amines is 1. The van der Waals surface area contributed by atoms with E-state index in [0.717, 1.165) is 13.0 Å². The highest BCUT2D eigenvalue weighted by Gasteiger charge is 2.31. The van der Waals surface area contributed by atoms with Crippen LogP contribution in [0.25, 0.3) is 10.8 Å². The molecule has 1 aliphatic heterocycles. The van der Waals surface area contributed by atoms with E-state index >= 15 is 0 Å². The Morgan fingerprint density at radius 3 is 2.72 bits per heavy atom. The second-order valence-corrected chi connectivity index (χ2v) is 4.58. The van der Waals surface area contributed by atoms with Gasteiger partial charge >= 0.3 is 0 Å². The normalized spacial score (nSPS) is 18.7. The summed E-state index contributed by atoms with van der Waals surface area (Å²) < 4.78 is 0. The molecule has 1 saturated heterocycles. The Kier molecular flexibility index (Phi) is 2.40. The van der Waals surface area contributed by atoms with Gasteiger partial charge in [0.15, 0.2) is 5.69 Å². The maximum Gasteiger partial charge on any atom is 0.275 e. The highest BCUT2D eigenvalue weighted by atomic mass is 16.2. The quantitative estimate of drug-likeness (QED) is 0.817. The molecule has 0 spiro atoms. The van der Waals surface area contributed by atoms with E-state index in [1.54, 1.807) is 29.2 Å². The zero-order chi connectivity index (χ0) is 12.7. The standard InChI is InChI=1S/C13H13N3O2/c1-8-6-7-16(8)13(18)11-9-4-2-3-5-10(9)12(17)15-14-11/h2-5,8H,6-7H2,1H3,(H,15,17). The van der Waals surface area contributed by atoms with Crippen molar-refractivity contribution in [3.8, 4) is 0 Å². The Bertz CT molecular complexity index is 677. The second-order valence-electron chi connectivity index (χ2n) is 4.58. The van der Waals surface area contributed by atoms with E-state index in [2.05, 4.69) is 10.2 Å². The fourth-order valence-electron chi connectivity index (χ4n) is 2.23. The minimum absolute atomic E-state index is 0.110. The maximum atomic E-state index is 12.3. The lowest BCUT2D eigenvalue weighted by molar-refractivity contribution is 0.0497. The first kappa shape index (κ1) is 11.0. The summed E-state index contributed by atoms with van der Waals surface area (Å²) in [5, 5.41) is 7.42. The number of aromatic nitrogens is 2. The van der Waals surface area contributed by atoms with Crippen LogP contribution in [0.5, 0.6) is 0 Å². The molecule has 1 fully saturated rings. The van der Waals surface area contributed by atoms with Crippen LogP contribution >= 0.6 is 0 Å². The van der Waals surface area contributed by atoms with Crippen LogP contribution in [0.2, 0.25) is 0 Å². The van der Waals surface area contributed by atoms with Gasteiger partial charge in [-0.1, -0.05) is 18.2 Å². The van der Waals surface area contributed by atoms with Crippen LogP contribution in [0, 0.1) is 0 Å². The number of hydrogen-bond acceptors (Lipinski definition) is 3. The molecule has 1 aromatic heterocycles. The van der Waals surface area contributed by atoms with Crippen LogP contribution in [0.15, 0.2) is 29.1 Å². The summed E-state index contributed by atoms with van der Waals surface area (Å²) in [6.45, 7) is 2.77. The summed E-state index contributed by atoms with van der Waals surface area (Å²) in [7, 11) is 0. The van der Waals surface area contributed by atoms with Crippen molar-refractivity contribution in [2.24, 2.45) is 0 Å². The smallest absolute Gasteiger partial charge is 0.275 e. The van der Waals surface area contributed by atoms with E-state index in [9.17, 15) is 9.59 Å². The minimum Gasteiger partial charge on any atom is -0.334 e. The third-order valence-electron chi connectivity index (χ3n) is 3.48. The Balaban J connectivity index is 2.15. The fourth-order valence-corrected chi connectivity index (χ4v) is 2.23. The number of nitrogens with one attached hydrogen (secondary N) is 1. The number of nitrogens with zero attached hydrogens (tertiary/aromatic N) is 2. The molecule has 3 rings (SSSR count). The average molecular weight is 243 g/mol. The number of hydrogen-bond donors (Lipinski definition) is 1. The van der Waals surface area contributed by atoms with Crippen molar-refractivity contribution in [3.63, 3.8) is 0 Å². The second kappa shape index (κ2) is 3.94. The van der Waals surface area contributed by atoms with Gasteiger partial charge in [0.1, 0.15) is 0 Å². The van der Waals surface area contributed by atoms with Gasteiger partial charge in [0.2, 0.25) is 0 Å². The molecule has 1 aromatic carbocycles. The van der Waals surface area contributed by atoms with Crippen LogP contribution in [0.1, 0.15) is 23.8 Å². The van der Waals surface area contributed by atoms with E-state index in [0.29, 0.717) is 16.5 Å². The topological polar surface area (TPSA) is 66.1 Å². The molecule has 1 N–H and O–H groups in total. The fraction of sp³-hybridized carbons (Fsp3) is 0.308. The molecule has 2 heterocycles. The van der Waals surface area contributed by atoms with Gasteiger partial charge in [-0.3, -0.25) is 9.59 Å². The van der Waals surface area contributed by atoms with Crippen LogP contribution < -0.4 is 5.56 Å². The first-order valence-electron chi connectivity index (χ1n) is 5.97. The van der Waals surface area contributed by atoms with Gasteiger partial charge in [0, 0.05) is 18.0 Å². The molecular formula is C13H13N3O2. The highest BCUT2D eigenvalue weighted by Crippen LogP contribution is 2.21. The Labute approximate surface area is 103 Å². The number of benzene rings is 1. The largest absolute Gasteiger partial charge is 0.334 e. The summed E-state index contributed by atoms with van der Waals surface area (Å²) in [6, 6.07) is 7.30. The Morgan fingerprint density at radius 1 is 1.39 bits per heavy atom. The molecule has 0 bridgehead atoms. The molecule has 5 nitrogen and oxygen atoms in total. The van der Waals surface area contributed by atoms with Crippen molar-refractivity contribution in [1.82, 2.24) is 15.1 Å². The van der Waals surface area contributed by atoms with E-state index in [1.165, 1.54) is 0 Å². The molecule has 1 aliphatic rings. The first-order chi connectivity index (χ1) is 8.68. The number of rotatable bonds is 1. The van der Waals surface area contributed by atoms with Crippen LogP contribution in [0.3, 0.4) is 0 Å². The third-order valence-corrected chi connectivity index (χ3v) is 3.48. The SMILES string of the molecule is CC1CCN1C(=O)c1n[nH]c(=O)c2ccccc12. The molecule has 0 saturated carbocycles. The molecular weight excluding hydrogens is 230 g/mol. The third kappa shape index (κ3) is 1.51. The van der Waals surface area contributed by atoms with Gasteiger partial charge in [0.05, 0.1) is 5.39 Å². The summed E-state index contributed by atoms with van der Waals surface area (Å²) >= 11 is 0. The summed E-state index contributed by atoms with van der Waals surface area (Å²) in [6.07, 6.45) is 1.02. The van der Waals surface area contributed by atoms with Crippen molar-refractivity contribution in [2.75, 3.05) is 6.54 Å². The van der Waals surface area contributed by atoms with E-state index < -0.39 is 0 Å². The summed E-state index contributed by atoms with van der Waals surface area (Å²) in [5.41, 5.74) is 0.0653. The van der Waals surface area contributed by atoms with E-state index in [1.807, 2.05) is 6.92 Å². The maximum absolute atomic E-state index is 12.3. The van der Waals surface area contributed by atoms with E-state index in [4.69, 9.17) is 0 Å². The molecule has 1 atom stereocenters. The number of likely N-dealkylation sites (tertiary alicyclic amines) is 1. The number of H-pyrrole nitrogens is 1. The van der Waals surface area contributed by atoms with Gasteiger partial charge in [-0.05, 0) is 19.4 Å². The van der Waals surface area contributed by atoms with Crippen molar-refractivity contribution < 1.29 is 4.79 Å². The van der Waals surface area contributed by atoms with Gasteiger partial charge < -0.3 is 4.90 Å². The minimum atomic E-state index is -0.265. The summed E-state index contributed by atoms with van der Waals surface area (Å²) in [4.78, 5) is 25.7. The first-order valence-corrected chi connectivity index (χ1v) is 5.97. The van der Waals surface area contributed by atoms with Crippen molar-refractivity contribution in [2.45, 2.75) is 19.4 Å². The van der Waals surface area contributed by atoms with Gasteiger partial charge in [-0.25, -0.2) is 5.10 Å². The van der Waals surface area contributed by atoms with Crippen molar-refractivity contribution >= 4 is 16.7 Å². The van der Waals surface area contributed by atoms with Crippen LogP contribution in [-0.2, 0) is 0 Å². The molecule has 92 valence electrons. The Hall–Kier alpha value is -2.17. The lowest BCUT2D eigenvalue weighted by Crippen LogP contribution is -2.49. The van der Waals surface area contributed by atoms with Gasteiger partial charge in [-0.15, -0.1) is 0 Å². The number of carbonyl (C=O) groups is 1. The lowest BCUT2D eigenvalue weighted by atomic mass is 10.0. The Morgan fingerprint density at radius 2 is 2.11 bits per heavy atom. The molecule has 1 unspecified atom stereocenters. The zero-order valence-corrected chi connectivity index (χ0v) is 10.0. The predicted octanol–water partition coefficient (Wildman–Crippen LogP) is 1.16. The molecule has 1 amide bonds. The summed E-state index contributed by atoms with van der Waals surface area (Å²) in [5.74, 6) is -0.110. The monoisotopic (exact) mass is 243 g/mol. The molecule has 0 radical (unpaired) electrons. The van der Waals surface area contributed by atoms with Gasteiger partial charge in [-0.2, -0.15) is 5.10 Å². The number of fused-ring (bicyclic) bond motifs is 1. The number of carbonyl (C=O) groups excluding carboxylic acids is 1. The molecule has 2 aromatic rings. The zero-order valence-electron chi connectivity index (χ0n) is 10.0. The predicted molar refractivity (Wildman–Crippen MR) is 67.5 cm³/mol. The lowest BCUT2D eigenvalue weighted by Gasteiger charge is -2.38. The average Bonchev–Trinajstić information content (AvgIpc) is 2.37. The van der Waals surface area contributed by atoms with Gasteiger partial charge in [0.25, 0.3) is 11.5 Å².